The molecule has 1 atom stereocenters. The van der Waals surface area contributed by atoms with E-state index >= 15 is 0 Å². The first-order valence-corrected chi connectivity index (χ1v) is 10.4. The van der Waals surface area contributed by atoms with E-state index < -0.39 is 5.60 Å². The van der Waals surface area contributed by atoms with Crippen LogP contribution in [-0.2, 0) is 14.0 Å². The van der Waals surface area contributed by atoms with Crippen LogP contribution < -0.4 is 15.7 Å². The van der Waals surface area contributed by atoms with E-state index in [1.165, 1.54) is 0 Å². The van der Waals surface area contributed by atoms with Gasteiger partial charge in [0, 0.05) is 18.8 Å². The van der Waals surface area contributed by atoms with Gasteiger partial charge in [-0.05, 0) is 79.4 Å². The Balaban J connectivity index is 1.69. The van der Waals surface area contributed by atoms with Gasteiger partial charge in [-0.25, -0.2) is 4.79 Å². The average Bonchev–Trinajstić information content (AvgIpc) is 3.03. The molecule has 0 radical (unpaired) electrons. The Morgan fingerprint density at radius 1 is 1.14 bits per heavy atom. The van der Waals surface area contributed by atoms with Crippen molar-refractivity contribution in [2.45, 2.75) is 84.2 Å². The van der Waals surface area contributed by atoms with Gasteiger partial charge >= 0.3 is 13.2 Å². The van der Waals surface area contributed by atoms with Crippen LogP contribution in [0.1, 0.15) is 61.8 Å². The zero-order chi connectivity index (χ0) is 21.7. The fourth-order valence-corrected chi connectivity index (χ4v) is 3.68. The number of hydrogen-bond acceptors (Lipinski definition) is 5. The van der Waals surface area contributed by atoms with Gasteiger partial charge in [0.05, 0.1) is 16.7 Å². The highest BCUT2D eigenvalue weighted by molar-refractivity contribution is 6.62. The van der Waals surface area contributed by atoms with Crippen LogP contribution in [0.25, 0.3) is 0 Å². The molecule has 1 N–H and O–H groups in total. The second-order valence-corrected chi connectivity index (χ2v) is 10.5. The summed E-state index contributed by atoms with van der Waals surface area (Å²) in [5.74, 6) is 0. The monoisotopic (exact) mass is 402 g/mol. The summed E-state index contributed by atoms with van der Waals surface area (Å²) < 4.78 is 17.8. The summed E-state index contributed by atoms with van der Waals surface area (Å²) in [6.45, 7) is 17.5. The van der Waals surface area contributed by atoms with Crippen molar-refractivity contribution in [1.29, 1.82) is 0 Å². The van der Waals surface area contributed by atoms with E-state index in [-0.39, 0.29) is 30.0 Å². The number of carbonyl (C=O) groups is 1. The van der Waals surface area contributed by atoms with E-state index in [2.05, 4.69) is 57.0 Å². The lowest BCUT2D eigenvalue weighted by Crippen LogP contribution is -2.49. The summed E-state index contributed by atoms with van der Waals surface area (Å²) in [5.41, 5.74) is 0.550. The fourth-order valence-electron chi connectivity index (χ4n) is 3.68. The minimum Gasteiger partial charge on any atom is -0.444 e. The zero-order valence-electron chi connectivity index (χ0n) is 19.1. The summed E-state index contributed by atoms with van der Waals surface area (Å²) >= 11 is 0. The van der Waals surface area contributed by atoms with Crippen LogP contribution in [-0.4, -0.2) is 48.6 Å². The van der Waals surface area contributed by atoms with E-state index in [4.69, 9.17) is 14.0 Å². The number of ether oxygens (including phenoxy) is 1. The first kappa shape index (κ1) is 22.0. The largest absolute Gasteiger partial charge is 0.494 e. The quantitative estimate of drug-likeness (QED) is 0.785. The molecule has 160 valence electrons. The Hall–Kier alpha value is -1.73. The lowest BCUT2D eigenvalue weighted by molar-refractivity contribution is 0.00578. The van der Waals surface area contributed by atoms with Crippen molar-refractivity contribution >= 4 is 24.4 Å². The van der Waals surface area contributed by atoms with Crippen LogP contribution in [0.4, 0.5) is 10.5 Å². The molecule has 0 bridgehead atoms. The standard InChI is InChI=1S/C22H35BN2O4/c1-19(2,3)27-18(26)24-22(8)12-13-25(15-22)17-11-9-10-16(14-17)23-28-20(4,5)21(6,7)29-23/h9-11,14H,12-13,15H2,1-8H3,(H,24,26)/t22-/m1/s1. The fraction of sp³-hybridized carbons (Fsp3) is 0.682. The first-order chi connectivity index (χ1) is 13.2. The number of rotatable bonds is 3. The van der Waals surface area contributed by atoms with Crippen LogP contribution in [0.5, 0.6) is 0 Å². The van der Waals surface area contributed by atoms with Crippen molar-refractivity contribution in [3.8, 4) is 0 Å². The minimum atomic E-state index is -0.504. The highest BCUT2D eigenvalue weighted by atomic mass is 16.7. The number of hydrogen-bond donors (Lipinski definition) is 1. The maximum Gasteiger partial charge on any atom is 0.494 e. The van der Waals surface area contributed by atoms with Crippen molar-refractivity contribution in [2.24, 2.45) is 0 Å². The number of benzene rings is 1. The van der Waals surface area contributed by atoms with Gasteiger partial charge in [-0.3, -0.25) is 0 Å². The zero-order valence-corrected chi connectivity index (χ0v) is 19.1. The van der Waals surface area contributed by atoms with Crippen LogP contribution in [0.2, 0.25) is 0 Å². The van der Waals surface area contributed by atoms with Crippen molar-refractivity contribution < 1.29 is 18.8 Å². The summed E-state index contributed by atoms with van der Waals surface area (Å²) in [6.07, 6.45) is 0.486. The summed E-state index contributed by atoms with van der Waals surface area (Å²) in [7, 11) is -0.381. The summed E-state index contributed by atoms with van der Waals surface area (Å²) in [6, 6.07) is 8.29. The van der Waals surface area contributed by atoms with Gasteiger partial charge in [-0.1, -0.05) is 12.1 Å². The molecule has 0 aliphatic carbocycles. The lowest BCUT2D eigenvalue weighted by Gasteiger charge is -2.32. The van der Waals surface area contributed by atoms with Crippen molar-refractivity contribution in [3.05, 3.63) is 24.3 Å². The Bertz CT molecular complexity index is 758. The Morgan fingerprint density at radius 2 is 1.76 bits per heavy atom. The lowest BCUT2D eigenvalue weighted by atomic mass is 9.79. The smallest absolute Gasteiger partial charge is 0.444 e. The molecule has 2 aliphatic heterocycles. The molecular weight excluding hydrogens is 367 g/mol. The molecule has 0 aromatic heterocycles. The number of nitrogens with one attached hydrogen (secondary N) is 1. The molecule has 2 saturated heterocycles. The van der Waals surface area contributed by atoms with Crippen LogP contribution in [0, 0.1) is 0 Å². The van der Waals surface area contributed by atoms with Crippen molar-refractivity contribution in [1.82, 2.24) is 5.32 Å². The van der Waals surface area contributed by atoms with Gasteiger partial charge in [0.1, 0.15) is 5.60 Å². The van der Waals surface area contributed by atoms with Gasteiger partial charge in [0.2, 0.25) is 0 Å². The number of nitrogens with zero attached hydrogens (tertiary/aromatic N) is 1. The van der Waals surface area contributed by atoms with Gasteiger partial charge in [-0.15, -0.1) is 0 Å². The van der Waals surface area contributed by atoms with Gasteiger partial charge in [0.25, 0.3) is 0 Å². The molecule has 1 aromatic carbocycles. The maximum absolute atomic E-state index is 12.2. The molecule has 0 unspecified atom stereocenters. The van der Waals surface area contributed by atoms with Gasteiger partial charge in [-0.2, -0.15) is 0 Å². The highest BCUT2D eigenvalue weighted by Gasteiger charge is 2.51. The Morgan fingerprint density at radius 3 is 2.34 bits per heavy atom. The second-order valence-electron chi connectivity index (χ2n) is 10.5. The molecule has 0 saturated carbocycles. The summed E-state index contributed by atoms with van der Waals surface area (Å²) in [4.78, 5) is 14.5. The predicted molar refractivity (Wildman–Crippen MR) is 117 cm³/mol. The third-order valence-electron chi connectivity index (χ3n) is 6.04. The molecular formula is C22H35BN2O4. The minimum absolute atomic E-state index is 0.331. The normalized spacial score (nSPS) is 25.9. The van der Waals surface area contributed by atoms with E-state index in [9.17, 15) is 4.79 Å². The first-order valence-electron chi connectivity index (χ1n) is 10.4. The maximum atomic E-state index is 12.2. The highest BCUT2D eigenvalue weighted by Crippen LogP contribution is 2.37. The van der Waals surface area contributed by atoms with E-state index in [0.717, 1.165) is 30.7 Å². The second kappa shape index (κ2) is 7.20. The van der Waals surface area contributed by atoms with E-state index in [1.54, 1.807) is 0 Å². The molecule has 2 heterocycles. The third-order valence-corrected chi connectivity index (χ3v) is 6.04. The number of carbonyl (C=O) groups excluding carboxylic acids is 1. The number of alkyl carbamates (subject to hydrolysis) is 1. The Kier molecular flexibility index (Phi) is 5.46. The van der Waals surface area contributed by atoms with Gasteiger partial charge in [0.15, 0.2) is 0 Å². The molecule has 1 amide bonds. The van der Waals surface area contributed by atoms with E-state index in [0.29, 0.717) is 0 Å². The van der Waals surface area contributed by atoms with Crippen LogP contribution in [0.15, 0.2) is 24.3 Å². The summed E-state index contributed by atoms with van der Waals surface area (Å²) in [5, 5.41) is 3.05. The van der Waals surface area contributed by atoms with Gasteiger partial charge < -0.3 is 24.3 Å². The number of amides is 1. The molecule has 29 heavy (non-hydrogen) atoms. The van der Waals surface area contributed by atoms with E-state index in [1.807, 2.05) is 32.9 Å². The van der Waals surface area contributed by atoms with Crippen molar-refractivity contribution in [3.63, 3.8) is 0 Å². The molecule has 7 heteroatoms. The molecule has 2 fully saturated rings. The molecule has 2 aliphatic rings. The third kappa shape index (κ3) is 4.89. The van der Waals surface area contributed by atoms with Crippen LogP contribution >= 0.6 is 0 Å². The van der Waals surface area contributed by atoms with Crippen LogP contribution in [0.3, 0.4) is 0 Å². The number of anilines is 1. The average molecular weight is 402 g/mol. The van der Waals surface area contributed by atoms with Crippen molar-refractivity contribution in [2.75, 3.05) is 18.0 Å². The SMILES string of the molecule is CC(C)(C)OC(=O)N[C@]1(C)CCN(c2cccc(B3OC(C)(C)C(C)(C)O3)c2)C1. The molecule has 6 nitrogen and oxygen atoms in total. The Labute approximate surface area is 175 Å². The molecule has 1 aromatic rings. The molecule has 3 rings (SSSR count). The molecule has 0 spiro atoms. The predicted octanol–water partition coefficient (Wildman–Crippen LogP) is 3.48. The topological polar surface area (TPSA) is 60.0 Å².